The topological polar surface area (TPSA) is 62.5 Å². The molecule has 6 nitrogen and oxygen atoms in total. The zero-order chi connectivity index (χ0) is 15.5. The minimum absolute atomic E-state index is 0.263. The van der Waals surface area contributed by atoms with Crippen LogP contribution in [0.4, 0.5) is 0 Å². The second-order valence-electron chi connectivity index (χ2n) is 5.69. The Bertz CT molecular complexity index is 625. The molecule has 1 saturated heterocycles. The normalized spacial score (nSPS) is 18.6. The molecule has 0 spiro atoms. The number of hydrogen-bond donors (Lipinski definition) is 0. The van der Waals surface area contributed by atoms with Crippen LogP contribution in [0.25, 0.3) is 10.7 Å². The first-order valence-electron chi connectivity index (χ1n) is 7.48. The van der Waals surface area contributed by atoms with Crippen LogP contribution in [-0.2, 0) is 11.3 Å². The standard InChI is InChI=1S/C15H20N4O2S/c1-3-19-9-11(7-14(19)20)8-18(2)10-13-16-15(17-21-13)12-5-4-6-22-12/h4-6,11H,3,7-10H2,1-2H3/t11-/m0/s1. The second kappa shape index (κ2) is 6.58. The molecule has 0 N–H and O–H groups in total. The Balaban J connectivity index is 1.54. The molecule has 1 atom stereocenters. The van der Waals surface area contributed by atoms with Gasteiger partial charge in [0.05, 0.1) is 11.4 Å². The number of hydrogen-bond acceptors (Lipinski definition) is 6. The van der Waals surface area contributed by atoms with Crippen LogP contribution in [0.15, 0.2) is 22.0 Å². The highest BCUT2D eigenvalue weighted by atomic mass is 32.1. The highest BCUT2D eigenvalue weighted by Gasteiger charge is 2.29. The van der Waals surface area contributed by atoms with Crippen LogP contribution >= 0.6 is 11.3 Å². The van der Waals surface area contributed by atoms with Gasteiger partial charge in [-0.1, -0.05) is 11.2 Å². The minimum Gasteiger partial charge on any atom is -0.343 e. The molecular formula is C15H20N4O2S. The SMILES string of the molecule is CCN1C[C@H](CN(C)Cc2nc(-c3cccs3)no2)CC1=O. The van der Waals surface area contributed by atoms with E-state index < -0.39 is 0 Å². The Hall–Kier alpha value is -1.73. The summed E-state index contributed by atoms with van der Waals surface area (Å²) in [5, 5.41) is 6.01. The summed E-state index contributed by atoms with van der Waals surface area (Å²) in [4.78, 5) is 21.3. The van der Waals surface area contributed by atoms with Gasteiger partial charge >= 0.3 is 0 Å². The molecule has 2 aromatic heterocycles. The molecule has 3 rings (SSSR count). The van der Waals surface area contributed by atoms with Crippen LogP contribution < -0.4 is 0 Å². The lowest BCUT2D eigenvalue weighted by Gasteiger charge is -2.19. The fourth-order valence-corrected chi connectivity index (χ4v) is 3.49. The molecule has 2 aromatic rings. The van der Waals surface area contributed by atoms with E-state index in [2.05, 4.69) is 15.0 Å². The number of carbonyl (C=O) groups is 1. The summed E-state index contributed by atoms with van der Waals surface area (Å²) in [7, 11) is 2.02. The van der Waals surface area contributed by atoms with Gasteiger partial charge in [-0.15, -0.1) is 11.3 Å². The molecule has 0 unspecified atom stereocenters. The summed E-state index contributed by atoms with van der Waals surface area (Å²) in [6.45, 7) is 5.14. The van der Waals surface area contributed by atoms with Crippen LogP contribution in [-0.4, -0.2) is 52.5 Å². The summed E-state index contributed by atoms with van der Waals surface area (Å²) in [5.74, 6) is 1.91. The average molecular weight is 320 g/mol. The van der Waals surface area contributed by atoms with Crippen molar-refractivity contribution in [2.45, 2.75) is 19.9 Å². The molecule has 7 heteroatoms. The summed E-state index contributed by atoms with van der Waals surface area (Å²) in [6.07, 6.45) is 0.641. The lowest BCUT2D eigenvalue weighted by atomic mass is 10.1. The van der Waals surface area contributed by atoms with Crippen molar-refractivity contribution in [2.24, 2.45) is 5.92 Å². The quantitative estimate of drug-likeness (QED) is 0.815. The van der Waals surface area contributed by atoms with Crippen molar-refractivity contribution in [1.29, 1.82) is 0 Å². The first-order chi connectivity index (χ1) is 10.7. The van der Waals surface area contributed by atoms with E-state index in [0.717, 1.165) is 24.5 Å². The van der Waals surface area contributed by atoms with E-state index >= 15 is 0 Å². The van der Waals surface area contributed by atoms with E-state index in [4.69, 9.17) is 4.52 Å². The Kier molecular flexibility index (Phi) is 4.54. The number of carbonyl (C=O) groups excluding carboxylic acids is 1. The predicted octanol–water partition coefficient (Wildman–Crippen LogP) is 2.10. The van der Waals surface area contributed by atoms with Gasteiger partial charge in [0.2, 0.25) is 17.6 Å². The molecule has 1 amide bonds. The van der Waals surface area contributed by atoms with Crippen LogP contribution in [0, 0.1) is 5.92 Å². The third kappa shape index (κ3) is 3.36. The number of thiophene rings is 1. The van der Waals surface area contributed by atoms with Gasteiger partial charge in [-0.05, 0) is 31.3 Å². The van der Waals surface area contributed by atoms with Crippen LogP contribution in [0.5, 0.6) is 0 Å². The average Bonchev–Trinajstić information content (AvgIpc) is 3.19. The number of likely N-dealkylation sites (tertiary alicyclic amines) is 1. The highest BCUT2D eigenvalue weighted by molar-refractivity contribution is 7.13. The third-order valence-electron chi connectivity index (χ3n) is 3.86. The van der Waals surface area contributed by atoms with Gasteiger partial charge in [-0.3, -0.25) is 9.69 Å². The Morgan fingerprint density at radius 3 is 3.09 bits per heavy atom. The molecule has 118 valence electrons. The molecule has 0 radical (unpaired) electrons. The monoisotopic (exact) mass is 320 g/mol. The molecule has 1 fully saturated rings. The van der Waals surface area contributed by atoms with Crippen molar-refractivity contribution >= 4 is 17.2 Å². The lowest BCUT2D eigenvalue weighted by molar-refractivity contribution is -0.127. The molecule has 0 saturated carbocycles. The van der Waals surface area contributed by atoms with Crippen LogP contribution in [0.1, 0.15) is 19.2 Å². The van der Waals surface area contributed by atoms with E-state index in [-0.39, 0.29) is 5.91 Å². The Labute approximate surface area is 133 Å². The highest BCUT2D eigenvalue weighted by Crippen LogP contribution is 2.22. The summed E-state index contributed by atoms with van der Waals surface area (Å²) >= 11 is 1.60. The zero-order valence-corrected chi connectivity index (χ0v) is 13.7. The summed E-state index contributed by atoms with van der Waals surface area (Å²) in [6, 6.07) is 3.95. The largest absolute Gasteiger partial charge is 0.343 e. The number of rotatable bonds is 6. The zero-order valence-electron chi connectivity index (χ0n) is 12.9. The van der Waals surface area contributed by atoms with Gasteiger partial charge in [0.1, 0.15) is 0 Å². The summed E-state index contributed by atoms with van der Waals surface area (Å²) in [5.41, 5.74) is 0. The van der Waals surface area contributed by atoms with E-state index in [1.165, 1.54) is 0 Å². The first-order valence-corrected chi connectivity index (χ1v) is 8.36. The number of amides is 1. The van der Waals surface area contributed by atoms with E-state index in [1.807, 2.05) is 36.4 Å². The van der Waals surface area contributed by atoms with Crippen molar-refractivity contribution in [1.82, 2.24) is 19.9 Å². The molecule has 0 aliphatic carbocycles. The van der Waals surface area contributed by atoms with Gasteiger partial charge < -0.3 is 9.42 Å². The third-order valence-corrected chi connectivity index (χ3v) is 4.73. The maximum Gasteiger partial charge on any atom is 0.241 e. The van der Waals surface area contributed by atoms with E-state index in [1.54, 1.807) is 11.3 Å². The van der Waals surface area contributed by atoms with Crippen LogP contribution in [0.2, 0.25) is 0 Å². The van der Waals surface area contributed by atoms with Gasteiger partial charge in [-0.2, -0.15) is 4.98 Å². The molecule has 22 heavy (non-hydrogen) atoms. The number of nitrogens with zero attached hydrogens (tertiary/aromatic N) is 4. The molecular weight excluding hydrogens is 300 g/mol. The smallest absolute Gasteiger partial charge is 0.241 e. The first kappa shape index (κ1) is 15.2. The summed E-state index contributed by atoms with van der Waals surface area (Å²) < 4.78 is 5.31. The maximum atomic E-state index is 11.8. The maximum absolute atomic E-state index is 11.8. The number of aromatic nitrogens is 2. The fraction of sp³-hybridized carbons (Fsp3) is 0.533. The van der Waals surface area contributed by atoms with Crippen molar-refractivity contribution in [3.63, 3.8) is 0 Å². The lowest BCUT2D eigenvalue weighted by Crippen LogP contribution is -2.28. The van der Waals surface area contributed by atoms with Crippen molar-refractivity contribution < 1.29 is 9.32 Å². The molecule has 3 heterocycles. The fourth-order valence-electron chi connectivity index (χ4n) is 2.84. The molecule has 0 aromatic carbocycles. The Morgan fingerprint density at radius 2 is 2.41 bits per heavy atom. The minimum atomic E-state index is 0.263. The Morgan fingerprint density at radius 1 is 1.55 bits per heavy atom. The molecule has 1 aliphatic heterocycles. The molecule has 0 bridgehead atoms. The molecule has 1 aliphatic rings. The van der Waals surface area contributed by atoms with Gasteiger partial charge in [0.15, 0.2) is 0 Å². The van der Waals surface area contributed by atoms with Crippen molar-refractivity contribution in [3.8, 4) is 10.7 Å². The van der Waals surface area contributed by atoms with E-state index in [9.17, 15) is 4.79 Å². The van der Waals surface area contributed by atoms with Gasteiger partial charge in [-0.25, -0.2) is 0 Å². The van der Waals surface area contributed by atoms with Crippen LogP contribution in [0.3, 0.4) is 0 Å². The van der Waals surface area contributed by atoms with Crippen molar-refractivity contribution in [2.75, 3.05) is 26.7 Å². The van der Waals surface area contributed by atoms with Gasteiger partial charge in [0.25, 0.3) is 0 Å². The van der Waals surface area contributed by atoms with Gasteiger partial charge in [0, 0.05) is 26.1 Å². The second-order valence-corrected chi connectivity index (χ2v) is 6.64. The predicted molar refractivity (Wildman–Crippen MR) is 84.3 cm³/mol. The van der Waals surface area contributed by atoms with E-state index in [0.29, 0.717) is 30.6 Å². The van der Waals surface area contributed by atoms with Crippen molar-refractivity contribution in [3.05, 3.63) is 23.4 Å².